The summed E-state index contributed by atoms with van der Waals surface area (Å²) >= 11 is 0. The van der Waals surface area contributed by atoms with Gasteiger partial charge in [0.15, 0.2) is 0 Å². The predicted octanol–water partition coefficient (Wildman–Crippen LogP) is 3.24. The van der Waals surface area contributed by atoms with Crippen molar-refractivity contribution in [1.82, 2.24) is 5.32 Å². The van der Waals surface area contributed by atoms with Crippen LogP contribution in [0.15, 0.2) is 18.2 Å². The minimum atomic E-state index is 0.379. The van der Waals surface area contributed by atoms with Crippen LogP contribution < -0.4 is 10.1 Å². The van der Waals surface area contributed by atoms with Crippen molar-refractivity contribution in [2.24, 2.45) is 0 Å². The second-order valence-corrected chi connectivity index (χ2v) is 4.50. The molecule has 0 amide bonds. The van der Waals surface area contributed by atoms with E-state index in [1.165, 1.54) is 11.1 Å². The van der Waals surface area contributed by atoms with Crippen LogP contribution in [-0.4, -0.2) is 13.2 Å². The molecule has 16 heavy (non-hydrogen) atoms. The van der Waals surface area contributed by atoms with Crippen molar-refractivity contribution >= 4 is 0 Å². The fourth-order valence-corrected chi connectivity index (χ4v) is 2.29. The van der Waals surface area contributed by atoms with E-state index in [1.54, 1.807) is 0 Å². The van der Waals surface area contributed by atoms with Crippen LogP contribution in [0.25, 0.3) is 0 Å². The second kappa shape index (κ2) is 4.88. The van der Waals surface area contributed by atoms with Gasteiger partial charge in [-0.3, -0.25) is 0 Å². The van der Waals surface area contributed by atoms with Crippen LogP contribution in [0.2, 0.25) is 0 Å². The fourth-order valence-electron chi connectivity index (χ4n) is 2.29. The van der Waals surface area contributed by atoms with Gasteiger partial charge in [-0.15, -0.1) is 0 Å². The molecular formula is C14H21NO. The molecule has 1 aliphatic heterocycles. The van der Waals surface area contributed by atoms with Gasteiger partial charge in [0.2, 0.25) is 0 Å². The van der Waals surface area contributed by atoms with Gasteiger partial charge in [0, 0.05) is 5.56 Å². The molecule has 0 aliphatic carbocycles. The minimum absolute atomic E-state index is 0.379. The first-order valence-electron chi connectivity index (χ1n) is 6.26. The van der Waals surface area contributed by atoms with Gasteiger partial charge in [0.05, 0.1) is 6.04 Å². The Morgan fingerprint density at radius 1 is 1.44 bits per heavy atom. The van der Waals surface area contributed by atoms with E-state index < -0.39 is 0 Å². The molecule has 0 aromatic heterocycles. The molecule has 2 unspecified atom stereocenters. The van der Waals surface area contributed by atoms with E-state index in [0.29, 0.717) is 12.0 Å². The lowest BCUT2D eigenvalue weighted by atomic mass is 9.94. The molecule has 88 valence electrons. The highest BCUT2D eigenvalue weighted by Gasteiger charge is 2.26. The quantitative estimate of drug-likeness (QED) is 0.839. The molecule has 1 aromatic rings. The van der Waals surface area contributed by atoms with Crippen molar-refractivity contribution in [3.8, 4) is 5.75 Å². The third kappa shape index (κ3) is 1.94. The van der Waals surface area contributed by atoms with Gasteiger partial charge >= 0.3 is 0 Å². The highest BCUT2D eigenvalue weighted by Crippen LogP contribution is 2.39. The number of rotatable bonds is 4. The van der Waals surface area contributed by atoms with E-state index in [9.17, 15) is 0 Å². The Morgan fingerprint density at radius 2 is 2.25 bits per heavy atom. The number of ether oxygens (including phenoxy) is 1. The zero-order chi connectivity index (χ0) is 11.5. The lowest BCUT2D eigenvalue weighted by Gasteiger charge is -2.13. The molecule has 1 N–H and O–H groups in total. The third-order valence-corrected chi connectivity index (χ3v) is 3.44. The number of para-hydroxylation sites is 1. The van der Waals surface area contributed by atoms with Crippen LogP contribution in [0, 0.1) is 0 Å². The summed E-state index contributed by atoms with van der Waals surface area (Å²) in [5.41, 5.74) is 2.69. The van der Waals surface area contributed by atoms with Crippen molar-refractivity contribution < 1.29 is 4.74 Å². The molecule has 2 rings (SSSR count). The Hall–Kier alpha value is -1.02. The minimum Gasteiger partial charge on any atom is -0.491 e. The SMILES string of the molecule is CCNC1COc2c(C(C)CC)cccc21. The molecule has 0 bridgehead atoms. The molecule has 1 aromatic carbocycles. The van der Waals surface area contributed by atoms with Crippen LogP contribution in [0.1, 0.15) is 50.3 Å². The van der Waals surface area contributed by atoms with Crippen molar-refractivity contribution in [2.45, 2.75) is 39.2 Å². The topological polar surface area (TPSA) is 21.3 Å². The van der Waals surface area contributed by atoms with Crippen LogP contribution in [0.4, 0.5) is 0 Å². The van der Waals surface area contributed by atoms with Gasteiger partial charge in [0.1, 0.15) is 12.4 Å². The summed E-state index contributed by atoms with van der Waals surface area (Å²) in [6.07, 6.45) is 1.16. The summed E-state index contributed by atoms with van der Waals surface area (Å²) in [4.78, 5) is 0. The van der Waals surface area contributed by atoms with Crippen molar-refractivity contribution in [3.63, 3.8) is 0 Å². The average Bonchev–Trinajstić information content (AvgIpc) is 2.72. The van der Waals surface area contributed by atoms with Crippen molar-refractivity contribution in [2.75, 3.05) is 13.2 Å². The first-order chi connectivity index (χ1) is 7.77. The molecular weight excluding hydrogens is 198 g/mol. The molecule has 0 radical (unpaired) electrons. The number of hydrogen-bond donors (Lipinski definition) is 1. The van der Waals surface area contributed by atoms with Crippen LogP contribution in [0.3, 0.4) is 0 Å². The molecule has 0 saturated carbocycles. The first-order valence-corrected chi connectivity index (χ1v) is 6.26. The highest BCUT2D eigenvalue weighted by atomic mass is 16.5. The summed E-state index contributed by atoms with van der Waals surface area (Å²) in [7, 11) is 0. The maximum atomic E-state index is 5.86. The molecule has 0 spiro atoms. The summed E-state index contributed by atoms with van der Waals surface area (Å²) in [5.74, 6) is 1.71. The molecule has 0 saturated heterocycles. The smallest absolute Gasteiger partial charge is 0.127 e. The van der Waals surface area contributed by atoms with Crippen LogP contribution >= 0.6 is 0 Å². The number of hydrogen-bond acceptors (Lipinski definition) is 2. The summed E-state index contributed by atoms with van der Waals surface area (Å²) in [6.45, 7) is 8.38. The van der Waals surface area contributed by atoms with Gasteiger partial charge in [-0.2, -0.15) is 0 Å². The lowest BCUT2D eigenvalue weighted by Crippen LogP contribution is -2.21. The van der Waals surface area contributed by atoms with E-state index >= 15 is 0 Å². The van der Waals surface area contributed by atoms with Gasteiger partial charge in [-0.1, -0.05) is 39.0 Å². The number of fused-ring (bicyclic) bond motifs is 1. The molecule has 2 nitrogen and oxygen atoms in total. The Balaban J connectivity index is 2.32. The molecule has 2 atom stereocenters. The number of likely N-dealkylation sites (N-methyl/N-ethyl adjacent to an activating group) is 1. The molecule has 1 heterocycles. The zero-order valence-corrected chi connectivity index (χ0v) is 10.4. The lowest BCUT2D eigenvalue weighted by molar-refractivity contribution is 0.310. The Morgan fingerprint density at radius 3 is 2.94 bits per heavy atom. The summed E-state index contributed by atoms with van der Waals surface area (Å²) in [5, 5.41) is 3.46. The Bertz CT molecular complexity index is 362. The van der Waals surface area contributed by atoms with E-state index in [2.05, 4.69) is 44.3 Å². The Labute approximate surface area is 98.0 Å². The summed E-state index contributed by atoms with van der Waals surface area (Å²) < 4.78 is 5.86. The standard InChI is InChI=1S/C14H21NO/c1-4-10(3)11-7-6-8-12-13(15-5-2)9-16-14(11)12/h6-8,10,13,15H,4-5,9H2,1-3H3. The van der Waals surface area contributed by atoms with Crippen molar-refractivity contribution in [3.05, 3.63) is 29.3 Å². The Kier molecular flexibility index (Phi) is 3.49. The monoisotopic (exact) mass is 219 g/mol. The van der Waals surface area contributed by atoms with Crippen LogP contribution in [0.5, 0.6) is 5.75 Å². The van der Waals surface area contributed by atoms with Gasteiger partial charge < -0.3 is 10.1 Å². The summed E-state index contributed by atoms with van der Waals surface area (Å²) in [6, 6.07) is 6.91. The maximum Gasteiger partial charge on any atom is 0.127 e. The zero-order valence-electron chi connectivity index (χ0n) is 10.4. The van der Waals surface area contributed by atoms with Gasteiger partial charge in [-0.25, -0.2) is 0 Å². The fraction of sp³-hybridized carbons (Fsp3) is 0.571. The largest absolute Gasteiger partial charge is 0.491 e. The normalized spacial score (nSPS) is 20.3. The molecule has 2 heteroatoms. The molecule has 1 aliphatic rings. The third-order valence-electron chi connectivity index (χ3n) is 3.44. The van der Waals surface area contributed by atoms with Crippen LogP contribution in [-0.2, 0) is 0 Å². The first kappa shape index (κ1) is 11.5. The van der Waals surface area contributed by atoms with E-state index in [0.717, 1.165) is 25.3 Å². The van der Waals surface area contributed by atoms with E-state index in [4.69, 9.17) is 4.74 Å². The second-order valence-electron chi connectivity index (χ2n) is 4.50. The van der Waals surface area contributed by atoms with Crippen molar-refractivity contribution in [1.29, 1.82) is 0 Å². The number of nitrogens with one attached hydrogen (secondary N) is 1. The van der Waals surface area contributed by atoms with E-state index in [1.807, 2.05) is 0 Å². The maximum absolute atomic E-state index is 5.86. The number of benzene rings is 1. The molecule has 0 fully saturated rings. The van der Waals surface area contributed by atoms with Gasteiger partial charge in [0.25, 0.3) is 0 Å². The van der Waals surface area contributed by atoms with Gasteiger partial charge in [-0.05, 0) is 24.4 Å². The highest BCUT2D eigenvalue weighted by molar-refractivity contribution is 5.47. The average molecular weight is 219 g/mol. The predicted molar refractivity (Wildman–Crippen MR) is 67.1 cm³/mol. The van der Waals surface area contributed by atoms with E-state index in [-0.39, 0.29) is 0 Å².